The Balaban J connectivity index is 0.642. The van der Waals surface area contributed by atoms with E-state index in [0.29, 0.717) is 77.3 Å². The number of Topliss-reactive ketones (excluding diaryl/α,β-unsaturated/α-hetero) is 1. The second kappa shape index (κ2) is 22.5. The minimum absolute atomic E-state index is 0.0181. The maximum absolute atomic E-state index is 17.5. The molecule has 7 aliphatic rings. The highest BCUT2D eigenvalue weighted by Gasteiger charge is 2.85. The van der Waals surface area contributed by atoms with Crippen molar-refractivity contribution in [2.45, 2.75) is 83.9 Å². The summed E-state index contributed by atoms with van der Waals surface area (Å²) in [5.41, 5.74) is -5.02. The molecule has 0 bridgehead atoms. The van der Waals surface area contributed by atoms with Crippen LogP contribution in [-0.4, -0.2) is 167 Å². The number of allylic oxidation sites excluding steroid dienone is 2. The maximum atomic E-state index is 17.5. The number of alkyl halides is 2. The number of ether oxygens (including phenoxy) is 9. The number of benzene rings is 2. The summed E-state index contributed by atoms with van der Waals surface area (Å²) >= 11 is 1.48. The van der Waals surface area contributed by atoms with Crippen molar-refractivity contribution in [1.82, 2.24) is 4.90 Å². The molecule has 2 N–H and O–H groups in total. The number of carbonyl (C=O) groups excluding carboxylic acids is 5. The second-order valence-electron chi connectivity index (χ2n) is 18.9. The molecule has 2 aromatic carbocycles. The molecule has 9 rings (SSSR count). The van der Waals surface area contributed by atoms with Gasteiger partial charge < -0.3 is 53.1 Å². The SMILES string of the molecule is C[C@]12C[C@@H]3O[C@]45C=CC(=O)C=C4[C@@H](F)C[C@@H](C1C[C@H]1O[C@@H](c4ccc(Sc6cccc(NC(=O)CCOCCOCCOCCOCCOCCOCCN7C(=O)C=CC7=O)c6)cc4)O[C@]12C(=O)CO)[C@]35F. The molecule has 0 radical (unpaired) electrons. The predicted octanol–water partition coefficient (Wildman–Crippen LogP) is 4.60. The van der Waals surface area contributed by atoms with Crippen LogP contribution in [0.25, 0.3) is 0 Å². The zero-order valence-corrected chi connectivity index (χ0v) is 40.8. The Kier molecular flexibility index (Phi) is 16.3. The first-order chi connectivity index (χ1) is 34.8. The Morgan fingerprint density at radius 1 is 0.778 bits per heavy atom. The lowest BCUT2D eigenvalue weighted by Gasteiger charge is -2.71. The number of nitrogens with one attached hydrogen (secondary N) is 1. The molecule has 1 unspecified atom stereocenters. The van der Waals surface area contributed by atoms with Crippen molar-refractivity contribution in [2.24, 2.45) is 17.3 Å². The Labute approximate surface area is 419 Å². The van der Waals surface area contributed by atoms with Gasteiger partial charge in [0, 0.05) is 50.1 Å². The van der Waals surface area contributed by atoms with E-state index >= 15 is 8.78 Å². The minimum atomic E-state index is -1.98. The van der Waals surface area contributed by atoms with Gasteiger partial charge in [0.1, 0.15) is 18.4 Å². The molecular formula is C52H60F2N2O15S. The zero-order chi connectivity index (χ0) is 50.5. The standard InChI is InChI=1S/C52H60F2N2O15S/c1-49-31-44-51(54)39(29-41(53)40-28-35(58)11-13-50(40,51)70-44)38(49)30-43-52(49,42(59)32-57)71-48(69-43)33-5-7-36(8-6-33)72-37-4-2-3-34(27-37)55-45(60)12-15-63-17-19-65-21-23-67-25-26-68-24-22-66-20-18-64-16-14-56-46(61)9-10-47(56)62/h2-11,13,27-28,38-39,41,43-44,48,57H,12,14-26,29-32H2,1H3,(H,55,60)/t38?,39-,41-,43+,44-,48+,49-,50+,51-,52+/m0/s1. The zero-order valence-electron chi connectivity index (χ0n) is 40.0. The largest absolute Gasteiger partial charge is 0.388 e. The summed E-state index contributed by atoms with van der Waals surface area (Å²) in [6.07, 6.45) is 2.18. The van der Waals surface area contributed by atoms with Gasteiger partial charge >= 0.3 is 0 Å². The lowest BCUT2D eigenvalue weighted by Crippen LogP contribution is -2.82. The summed E-state index contributed by atoms with van der Waals surface area (Å²) in [5, 5.41) is 13.2. The van der Waals surface area contributed by atoms with Crippen molar-refractivity contribution in [3.05, 3.63) is 90.0 Å². The summed E-state index contributed by atoms with van der Waals surface area (Å²) in [4.78, 5) is 64.7. The van der Waals surface area contributed by atoms with Gasteiger partial charge in [0.05, 0.1) is 104 Å². The Bertz CT molecular complexity index is 2420. The molecule has 5 fully saturated rings. The van der Waals surface area contributed by atoms with Gasteiger partial charge in [-0.15, -0.1) is 0 Å². The molecule has 3 aliphatic heterocycles. The van der Waals surface area contributed by atoms with Gasteiger partial charge in [0.2, 0.25) is 5.91 Å². The fourth-order valence-electron chi connectivity index (χ4n) is 11.6. The molecule has 3 saturated carbocycles. The van der Waals surface area contributed by atoms with Gasteiger partial charge in [-0.25, -0.2) is 8.78 Å². The number of rotatable bonds is 27. The van der Waals surface area contributed by atoms with Crippen LogP contribution >= 0.6 is 11.8 Å². The average molecular weight is 1020 g/mol. The Morgan fingerprint density at radius 2 is 1.40 bits per heavy atom. The van der Waals surface area contributed by atoms with Crippen molar-refractivity contribution in [3.8, 4) is 0 Å². The van der Waals surface area contributed by atoms with Crippen molar-refractivity contribution < 1.29 is 80.5 Å². The summed E-state index contributed by atoms with van der Waals surface area (Å²) < 4.78 is 85.7. The topological polar surface area (TPSA) is 204 Å². The van der Waals surface area contributed by atoms with E-state index < -0.39 is 77.0 Å². The van der Waals surface area contributed by atoms with Crippen LogP contribution in [0.4, 0.5) is 14.5 Å². The number of fused-ring (bicyclic) bond motifs is 4. The molecule has 2 saturated heterocycles. The van der Waals surface area contributed by atoms with E-state index in [4.69, 9.17) is 42.6 Å². The molecular weight excluding hydrogens is 963 g/mol. The summed E-state index contributed by atoms with van der Waals surface area (Å²) in [6.45, 7) is 5.50. The van der Waals surface area contributed by atoms with E-state index in [1.54, 1.807) is 6.07 Å². The van der Waals surface area contributed by atoms with E-state index in [1.807, 2.05) is 49.4 Å². The quantitative estimate of drug-likeness (QED) is 0.0927. The van der Waals surface area contributed by atoms with Crippen LogP contribution in [0.5, 0.6) is 0 Å². The number of carbonyl (C=O) groups is 5. The Hall–Kier alpha value is -4.58. The third-order valence-electron chi connectivity index (χ3n) is 14.9. The van der Waals surface area contributed by atoms with Crippen molar-refractivity contribution in [2.75, 3.05) is 97.8 Å². The van der Waals surface area contributed by atoms with Crippen molar-refractivity contribution in [1.29, 1.82) is 0 Å². The smallest absolute Gasteiger partial charge is 0.253 e. The van der Waals surface area contributed by atoms with E-state index in [9.17, 15) is 29.1 Å². The molecule has 3 amide bonds. The molecule has 1 spiro atoms. The van der Waals surface area contributed by atoms with Gasteiger partial charge in [0.15, 0.2) is 29.1 Å². The van der Waals surface area contributed by atoms with Gasteiger partial charge in [-0.05, 0) is 73.7 Å². The normalized spacial score (nSPS) is 31.8. The van der Waals surface area contributed by atoms with E-state index in [-0.39, 0.29) is 68.7 Å². The number of aliphatic hydroxyl groups excluding tert-OH is 1. The van der Waals surface area contributed by atoms with Gasteiger partial charge in [0.25, 0.3) is 11.8 Å². The molecule has 10 atom stereocenters. The number of ketones is 2. The van der Waals surface area contributed by atoms with Crippen LogP contribution in [-0.2, 0) is 66.6 Å². The number of amides is 3. The van der Waals surface area contributed by atoms with Crippen molar-refractivity contribution in [3.63, 3.8) is 0 Å². The van der Waals surface area contributed by atoms with E-state index in [1.165, 1.54) is 36.1 Å². The second-order valence-corrected chi connectivity index (χ2v) is 20.1. The van der Waals surface area contributed by atoms with Crippen LogP contribution in [0.1, 0.15) is 44.5 Å². The molecule has 0 aromatic heterocycles. The molecule has 20 heteroatoms. The highest BCUT2D eigenvalue weighted by atomic mass is 32.2. The lowest BCUT2D eigenvalue weighted by atomic mass is 9.44. The van der Waals surface area contributed by atoms with Gasteiger partial charge in [-0.3, -0.25) is 28.9 Å². The van der Waals surface area contributed by atoms with Crippen LogP contribution in [0.3, 0.4) is 0 Å². The number of aliphatic hydroxyl groups is 1. The first-order valence-electron chi connectivity index (χ1n) is 24.4. The average Bonchev–Trinajstić information content (AvgIpc) is 3.99. The maximum Gasteiger partial charge on any atom is 0.253 e. The summed E-state index contributed by atoms with van der Waals surface area (Å²) in [7, 11) is 0. The monoisotopic (exact) mass is 1020 g/mol. The number of imide groups is 1. The highest BCUT2D eigenvalue weighted by molar-refractivity contribution is 7.99. The van der Waals surface area contributed by atoms with Crippen LogP contribution < -0.4 is 5.32 Å². The van der Waals surface area contributed by atoms with Gasteiger partial charge in [-0.2, -0.15) is 0 Å². The first-order valence-corrected chi connectivity index (χ1v) is 25.3. The molecule has 388 valence electrons. The molecule has 2 aromatic rings. The molecule has 4 aliphatic carbocycles. The number of halogens is 2. The predicted molar refractivity (Wildman–Crippen MR) is 252 cm³/mol. The summed E-state index contributed by atoms with van der Waals surface area (Å²) in [5.74, 6) is -3.20. The fraction of sp³-hybridized carbons (Fsp3) is 0.558. The Morgan fingerprint density at radius 3 is 2.04 bits per heavy atom. The van der Waals surface area contributed by atoms with Crippen LogP contribution in [0.15, 0.2) is 94.3 Å². The highest BCUT2D eigenvalue weighted by Crippen LogP contribution is 2.75. The number of hydrogen-bond acceptors (Lipinski definition) is 16. The number of anilines is 1. The third kappa shape index (κ3) is 10.0. The molecule has 17 nitrogen and oxygen atoms in total. The van der Waals surface area contributed by atoms with E-state index in [0.717, 1.165) is 20.8 Å². The lowest BCUT2D eigenvalue weighted by molar-refractivity contribution is -0.360. The van der Waals surface area contributed by atoms with E-state index in [2.05, 4.69) is 5.32 Å². The van der Waals surface area contributed by atoms with Crippen LogP contribution in [0, 0.1) is 17.3 Å². The number of hydrogen-bond donors (Lipinski definition) is 2. The van der Waals surface area contributed by atoms with Crippen molar-refractivity contribution >= 4 is 46.7 Å². The fourth-order valence-corrected chi connectivity index (χ4v) is 12.5. The molecule has 3 heterocycles. The van der Waals surface area contributed by atoms with Gasteiger partial charge in [-0.1, -0.05) is 36.9 Å². The molecule has 72 heavy (non-hydrogen) atoms. The third-order valence-corrected chi connectivity index (χ3v) is 15.9. The van der Waals surface area contributed by atoms with Crippen LogP contribution in [0.2, 0.25) is 0 Å². The first kappa shape index (κ1) is 52.3. The number of nitrogens with zero attached hydrogens (tertiary/aromatic N) is 1. The summed E-state index contributed by atoms with van der Waals surface area (Å²) in [6, 6.07) is 14.9. The minimum Gasteiger partial charge on any atom is -0.388 e.